The molecular weight excluding hydrogens is 268 g/mol. The number of rotatable bonds is 4. The van der Waals surface area contributed by atoms with Gasteiger partial charge in [-0.05, 0) is 24.2 Å². The molecule has 2 rings (SSSR count). The van der Waals surface area contributed by atoms with Crippen molar-refractivity contribution in [3.63, 3.8) is 0 Å². The van der Waals surface area contributed by atoms with Gasteiger partial charge in [0.15, 0.2) is 5.82 Å². The predicted octanol–water partition coefficient (Wildman–Crippen LogP) is 1.44. The monoisotopic (exact) mass is 294 g/mol. The van der Waals surface area contributed by atoms with E-state index < -0.39 is 0 Å². The van der Waals surface area contributed by atoms with Crippen LogP contribution in [0, 0.1) is 24.2 Å². The molecule has 21 heavy (non-hydrogen) atoms. The van der Waals surface area contributed by atoms with Gasteiger partial charge in [-0.1, -0.05) is 25.9 Å². The van der Waals surface area contributed by atoms with E-state index >= 15 is 0 Å². The third-order valence-electron chi connectivity index (χ3n) is 5.04. The first-order chi connectivity index (χ1) is 9.82. The summed E-state index contributed by atoms with van der Waals surface area (Å²) in [7, 11) is 0. The number of aryl methyl sites for hydroxylation is 1. The van der Waals surface area contributed by atoms with E-state index in [4.69, 9.17) is 10.3 Å². The van der Waals surface area contributed by atoms with E-state index in [1.807, 2.05) is 0 Å². The predicted molar refractivity (Wildman–Crippen MR) is 79.4 cm³/mol. The molecule has 3 unspecified atom stereocenters. The average Bonchev–Trinajstić information content (AvgIpc) is 2.82. The van der Waals surface area contributed by atoms with Crippen molar-refractivity contribution < 1.29 is 9.32 Å². The third-order valence-corrected chi connectivity index (χ3v) is 5.04. The molecule has 1 heterocycles. The average molecular weight is 294 g/mol. The molecule has 0 bridgehead atoms. The number of aromatic nitrogens is 2. The maximum atomic E-state index is 12.4. The van der Waals surface area contributed by atoms with Crippen molar-refractivity contribution in [2.24, 2.45) is 23.0 Å². The number of nitrogens with zero attached hydrogens (tertiary/aromatic N) is 2. The number of carbonyl (C=O) groups excluding carboxylic acids is 1. The molecular formula is C15H26N4O2. The SMILES string of the molecule is Cc1nc(CCNC(=O)C2CCC(N)C(C)C2(C)C)no1. The number of hydrogen-bond acceptors (Lipinski definition) is 5. The van der Waals surface area contributed by atoms with E-state index in [1.165, 1.54) is 0 Å². The first kappa shape index (κ1) is 15.9. The van der Waals surface area contributed by atoms with Crippen molar-refractivity contribution in [1.82, 2.24) is 15.5 Å². The Balaban J connectivity index is 1.88. The maximum absolute atomic E-state index is 12.4. The normalized spacial score (nSPS) is 28.3. The summed E-state index contributed by atoms with van der Waals surface area (Å²) in [4.78, 5) is 16.6. The van der Waals surface area contributed by atoms with Gasteiger partial charge in [0.1, 0.15) is 0 Å². The Labute approximate surface area is 125 Å². The van der Waals surface area contributed by atoms with Crippen LogP contribution in [0.4, 0.5) is 0 Å². The third kappa shape index (κ3) is 3.43. The van der Waals surface area contributed by atoms with Gasteiger partial charge in [0.25, 0.3) is 0 Å². The van der Waals surface area contributed by atoms with Crippen LogP contribution in [0.1, 0.15) is 45.3 Å². The zero-order valence-corrected chi connectivity index (χ0v) is 13.3. The topological polar surface area (TPSA) is 94.0 Å². The summed E-state index contributed by atoms with van der Waals surface area (Å²) < 4.78 is 4.91. The van der Waals surface area contributed by atoms with Crippen molar-refractivity contribution in [2.45, 2.75) is 53.0 Å². The van der Waals surface area contributed by atoms with Gasteiger partial charge in [0, 0.05) is 31.8 Å². The Hall–Kier alpha value is -1.43. The molecule has 1 aliphatic rings. The van der Waals surface area contributed by atoms with Gasteiger partial charge in [-0.2, -0.15) is 4.98 Å². The van der Waals surface area contributed by atoms with Gasteiger partial charge < -0.3 is 15.6 Å². The second kappa shape index (κ2) is 6.13. The highest BCUT2D eigenvalue weighted by Crippen LogP contribution is 2.44. The first-order valence-corrected chi connectivity index (χ1v) is 7.65. The first-order valence-electron chi connectivity index (χ1n) is 7.65. The lowest BCUT2D eigenvalue weighted by molar-refractivity contribution is -0.132. The van der Waals surface area contributed by atoms with Gasteiger partial charge in [-0.3, -0.25) is 4.79 Å². The molecule has 3 atom stereocenters. The van der Waals surface area contributed by atoms with Crippen LogP contribution >= 0.6 is 0 Å². The van der Waals surface area contributed by atoms with Gasteiger partial charge in [-0.15, -0.1) is 0 Å². The van der Waals surface area contributed by atoms with E-state index in [0.29, 0.717) is 30.6 Å². The van der Waals surface area contributed by atoms with Crippen LogP contribution in [0.5, 0.6) is 0 Å². The van der Waals surface area contributed by atoms with Crippen LogP contribution in [0.3, 0.4) is 0 Å². The number of amides is 1. The molecule has 1 aromatic heterocycles. The Morgan fingerprint density at radius 2 is 2.19 bits per heavy atom. The smallest absolute Gasteiger partial charge is 0.223 e. The van der Waals surface area contributed by atoms with E-state index in [9.17, 15) is 4.79 Å². The minimum Gasteiger partial charge on any atom is -0.355 e. The summed E-state index contributed by atoms with van der Waals surface area (Å²) in [5, 5.41) is 6.82. The molecule has 6 heteroatoms. The number of hydrogen-bond donors (Lipinski definition) is 2. The molecule has 118 valence electrons. The van der Waals surface area contributed by atoms with Crippen molar-refractivity contribution in [1.29, 1.82) is 0 Å². The van der Waals surface area contributed by atoms with Crippen LogP contribution in [0.2, 0.25) is 0 Å². The van der Waals surface area contributed by atoms with E-state index in [0.717, 1.165) is 12.8 Å². The molecule has 0 aliphatic heterocycles. The molecule has 1 saturated carbocycles. The summed E-state index contributed by atoms with van der Waals surface area (Å²) >= 11 is 0. The lowest BCUT2D eigenvalue weighted by Gasteiger charge is -2.46. The van der Waals surface area contributed by atoms with Gasteiger partial charge in [0.05, 0.1) is 0 Å². The summed E-state index contributed by atoms with van der Waals surface area (Å²) in [5.74, 6) is 1.64. The van der Waals surface area contributed by atoms with Crippen molar-refractivity contribution in [3.8, 4) is 0 Å². The highest BCUT2D eigenvalue weighted by atomic mass is 16.5. The van der Waals surface area contributed by atoms with E-state index in [2.05, 4.69) is 36.2 Å². The summed E-state index contributed by atoms with van der Waals surface area (Å²) in [6.45, 7) is 8.72. The van der Waals surface area contributed by atoms with Crippen LogP contribution in [-0.2, 0) is 11.2 Å². The lowest BCUT2D eigenvalue weighted by Crippen LogP contribution is -2.51. The van der Waals surface area contributed by atoms with Crippen molar-refractivity contribution in [3.05, 3.63) is 11.7 Å². The second-order valence-electron chi connectivity index (χ2n) is 6.67. The van der Waals surface area contributed by atoms with Crippen LogP contribution < -0.4 is 11.1 Å². The Morgan fingerprint density at radius 3 is 2.81 bits per heavy atom. The zero-order valence-electron chi connectivity index (χ0n) is 13.3. The molecule has 1 aromatic rings. The van der Waals surface area contributed by atoms with Crippen LogP contribution in [0.25, 0.3) is 0 Å². The minimum absolute atomic E-state index is 0.0132. The van der Waals surface area contributed by atoms with Crippen LogP contribution in [-0.4, -0.2) is 28.6 Å². The number of nitrogens with two attached hydrogens (primary N) is 1. The second-order valence-corrected chi connectivity index (χ2v) is 6.67. The van der Waals surface area contributed by atoms with Gasteiger partial charge in [0.2, 0.25) is 11.8 Å². The lowest BCUT2D eigenvalue weighted by atomic mass is 9.61. The fraction of sp³-hybridized carbons (Fsp3) is 0.800. The van der Waals surface area contributed by atoms with Gasteiger partial charge in [-0.25, -0.2) is 0 Å². The molecule has 0 spiro atoms. The molecule has 1 amide bonds. The molecule has 1 fully saturated rings. The fourth-order valence-electron chi connectivity index (χ4n) is 3.18. The maximum Gasteiger partial charge on any atom is 0.223 e. The van der Waals surface area contributed by atoms with Crippen molar-refractivity contribution >= 4 is 5.91 Å². The van der Waals surface area contributed by atoms with E-state index in [1.54, 1.807) is 6.92 Å². The van der Waals surface area contributed by atoms with Gasteiger partial charge >= 0.3 is 0 Å². The zero-order chi connectivity index (χ0) is 15.6. The quantitative estimate of drug-likeness (QED) is 0.876. The summed E-state index contributed by atoms with van der Waals surface area (Å²) in [6, 6.07) is 0.186. The largest absolute Gasteiger partial charge is 0.355 e. The molecule has 3 N–H and O–H groups in total. The van der Waals surface area contributed by atoms with Crippen LogP contribution in [0.15, 0.2) is 4.52 Å². The van der Waals surface area contributed by atoms with E-state index in [-0.39, 0.29) is 23.3 Å². The number of carbonyl (C=O) groups is 1. The molecule has 1 aliphatic carbocycles. The summed E-state index contributed by atoms with van der Waals surface area (Å²) in [5.41, 5.74) is 6.06. The molecule has 0 aromatic carbocycles. The molecule has 0 radical (unpaired) electrons. The number of nitrogens with one attached hydrogen (secondary N) is 1. The minimum atomic E-state index is -0.0789. The Morgan fingerprint density at radius 1 is 1.48 bits per heavy atom. The standard InChI is InChI=1S/C15H26N4O2/c1-9-12(16)6-5-11(15(9,3)4)14(20)17-8-7-13-18-10(2)21-19-13/h9,11-12H,5-8,16H2,1-4H3,(H,17,20). The summed E-state index contributed by atoms with van der Waals surface area (Å²) in [6.07, 6.45) is 2.35. The molecule has 6 nitrogen and oxygen atoms in total. The van der Waals surface area contributed by atoms with Crippen molar-refractivity contribution in [2.75, 3.05) is 6.54 Å². The Kier molecular flexibility index (Phi) is 4.66. The highest BCUT2D eigenvalue weighted by molar-refractivity contribution is 5.79. The highest BCUT2D eigenvalue weighted by Gasteiger charge is 2.44. The fourth-order valence-corrected chi connectivity index (χ4v) is 3.18. The molecule has 0 saturated heterocycles. The Bertz CT molecular complexity index is 498.